The summed E-state index contributed by atoms with van der Waals surface area (Å²) in [5.41, 5.74) is 4.23. The zero-order chi connectivity index (χ0) is 18.6. The van der Waals surface area contributed by atoms with E-state index in [1.165, 1.54) is 0 Å². The number of carbonyl (C=O) groups excluding carboxylic acids is 1. The molecule has 0 spiro atoms. The van der Waals surface area contributed by atoms with E-state index in [-0.39, 0.29) is 12.0 Å². The lowest BCUT2D eigenvalue weighted by Gasteiger charge is -2.13. The lowest BCUT2D eigenvalue weighted by atomic mass is 10.0. The Morgan fingerprint density at radius 1 is 1.30 bits per heavy atom. The highest BCUT2D eigenvalue weighted by Gasteiger charge is 2.26. The molecule has 1 aliphatic heterocycles. The predicted molar refractivity (Wildman–Crippen MR) is 109 cm³/mol. The minimum Gasteiger partial charge on any atom is -0.487 e. The minimum atomic E-state index is -0.108. The molecule has 1 amide bonds. The van der Waals surface area contributed by atoms with Gasteiger partial charge in [0, 0.05) is 29.1 Å². The van der Waals surface area contributed by atoms with Crippen molar-refractivity contribution in [3.63, 3.8) is 0 Å². The fourth-order valence-electron chi connectivity index (χ4n) is 3.22. The molecule has 0 saturated carbocycles. The van der Waals surface area contributed by atoms with Gasteiger partial charge in [-0.1, -0.05) is 24.3 Å². The van der Waals surface area contributed by atoms with Gasteiger partial charge < -0.3 is 10.1 Å². The number of thiophene rings is 1. The van der Waals surface area contributed by atoms with Crippen LogP contribution in [0.15, 0.2) is 60.1 Å². The quantitative estimate of drug-likeness (QED) is 0.677. The van der Waals surface area contributed by atoms with E-state index >= 15 is 0 Å². The highest BCUT2D eigenvalue weighted by Crippen LogP contribution is 2.38. The van der Waals surface area contributed by atoms with E-state index in [1.807, 2.05) is 54.8 Å². The number of amides is 1. The van der Waals surface area contributed by atoms with Gasteiger partial charge in [-0.3, -0.25) is 9.78 Å². The summed E-state index contributed by atoms with van der Waals surface area (Å²) in [5.74, 6) is 0.774. The molecule has 4 nitrogen and oxygen atoms in total. The summed E-state index contributed by atoms with van der Waals surface area (Å²) in [6, 6.07) is 14.1. The van der Waals surface area contributed by atoms with Gasteiger partial charge in [-0.15, -0.1) is 11.3 Å². The van der Waals surface area contributed by atoms with Crippen molar-refractivity contribution in [2.45, 2.75) is 19.4 Å². The van der Waals surface area contributed by atoms with Crippen LogP contribution in [0.3, 0.4) is 0 Å². The molecule has 2 aromatic heterocycles. The first-order valence-electron chi connectivity index (χ1n) is 8.90. The summed E-state index contributed by atoms with van der Waals surface area (Å²) in [6.45, 7) is 2.53. The summed E-state index contributed by atoms with van der Waals surface area (Å²) in [5, 5.41) is 4.92. The molecule has 0 saturated heterocycles. The van der Waals surface area contributed by atoms with Gasteiger partial charge in [0.25, 0.3) is 0 Å². The molecule has 136 valence electrons. The summed E-state index contributed by atoms with van der Waals surface area (Å²) in [7, 11) is 0. The zero-order valence-corrected chi connectivity index (χ0v) is 15.8. The summed E-state index contributed by atoms with van der Waals surface area (Å²) in [4.78, 5) is 17.6. The van der Waals surface area contributed by atoms with E-state index in [0.29, 0.717) is 6.54 Å². The van der Waals surface area contributed by atoms with Gasteiger partial charge in [0.15, 0.2) is 0 Å². The molecule has 27 heavy (non-hydrogen) atoms. The Bertz CT molecular complexity index is 980. The van der Waals surface area contributed by atoms with E-state index in [4.69, 9.17) is 4.74 Å². The Balaban J connectivity index is 1.42. The maximum absolute atomic E-state index is 12.0. The van der Waals surface area contributed by atoms with E-state index in [0.717, 1.165) is 39.4 Å². The second kappa shape index (κ2) is 7.76. The maximum Gasteiger partial charge on any atom is 0.244 e. The van der Waals surface area contributed by atoms with Crippen molar-refractivity contribution in [2.75, 3.05) is 6.54 Å². The first-order valence-corrected chi connectivity index (χ1v) is 9.78. The Morgan fingerprint density at radius 3 is 3.04 bits per heavy atom. The number of nitrogens with zero attached hydrogens (tertiary/aromatic N) is 1. The average Bonchev–Trinajstić information content (AvgIpc) is 3.34. The van der Waals surface area contributed by atoms with Crippen LogP contribution in [0.2, 0.25) is 0 Å². The number of hydrogen-bond donors (Lipinski definition) is 1. The molecule has 1 N–H and O–H groups in total. The number of benzene rings is 1. The predicted octanol–water partition coefficient (Wildman–Crippen LogP) is 4.25. The molecule has 0 bridgehead atoms. The van der Waals surface area contributed by atoms with Crippen molar-refractivity contribution >= 4 is 23.3 Å². The van der Waals surface area contributed by atoms with Gasteiger partial charge in [0.2, 0.25) is 5.91 Å². The summed E-state index contributed by atoms with van der Waals surface area (Å²) < 4.78 is 6.17. The van der Waals surface area contributed by atoms with E-state index in [1.54, 1.807) is 23.6 Å². The third kappa shape index (κ3) is 3.93. The first kappa shape index (κ1) is 17.5. The van der Waals surface area contributed by atoms with Gasteiger partial charge in [-0.2, -0.15) is 0 Å². The highest BCUT2D eigenvalue weighted by molar-refractivity contribution is 7.10. The SMILES string of the molecule is Cc1cccnc1-c1cccc2c1OC(CNC(=O)C=Cc1cccs1)C2. The molecule has 5 heteroatoms. The lowest BCUT2D eigenvalue weighted by Crippen LogP contribution is -2.33. The van der Waals surface area contributed by atoms with Crippen LogP contribution in [-0.4, -0.2) is 23.5 Å². The monoisotopic (exact) mass is 376 g/mol. The van der Waals surface area contributed by atoms with Crippen molar-refractivity contribution in [1.82, 2.24) is 10.3 Å². The number of aromatic nitrogens is 1. The van der Waals surface area contributed by atoms with Crippen LogP contribution in [0.25, 0.3) is 17.3 Å². The molecule has 1 aliphatic rings. The maximum atomic E-state index is 12.0. The molecule has 1 unspecified atom stereocenters. The minimum absolute atomic E-state index is 0.0655. The molecule has 1 atom stereocenters. The van der Waals surface area contributed by atoms with Crippen LogP contribution < -0.4 is 10.1 Å². The van der Waals surface area contributed by atoms with Crippen molar-refractivity contribution < 1.29 is 9.53 Å². The van der Waals surface area contributed by atoms with Gasteiger partial charge in [-0.25, -0.2) is 0 Å². The van der Waals surface area contributed by atoms with Crippen LogP contribution in [0.4, 0.5) is 0 Å². The molecule has 3 aromatic rings. The third-order valence-corrected chi connectivity index (χ3v) is 5.38. The number of para-hydroxylation sites is 1. The van der Waals surface area contributed by atoms with E-state index in [2.05, 4.69) is 16.4 Å². The topological polar surface area (TPSA) is 51.2 Å². The third-order valence-electron chi connectivity index (χ3n) is 4.54. The largest absolute Gasteiger partial charge is 0.487 e. The van der Waals surface area contributed by atoms with Gasteiger partial charge >= 0.3 is 0 Å². The number of ether oxygens (including phenoxy) is 1. The second-order valence-electron chi connectivity index (χ2n) is 6.50. The number of rotatable bonds is 5. The van der Waals surface area contributed by atoms with Crippen molar-refractivity contribution in [3.05, 3.63) is 76.1 Å². The van der Waals surface area contributed by atoms with E-state index < -0.39 is 0 Å². The number of carbonyl (C=O) groups is 1. The van der Waals surface area contributed by atoms with Gasteiger partial charge in [0.05, 0.1) is 12.2 Å². The van der Waals surface area contributed by atoms with Crippen LogP contribution in [0, 0.1) is 6.92 Å². The number of aryl methyl sites for hydroxylation is 1. The van der Waals surface area contributed by atoms with Crippen LogP contribution in [0.5, 0.6) is 5.75 Å². The fourth-order valence-corrected chi connectivity index (χ4v) is 3.84. The Kier molecular flexibility index (Phi) is 5.03. The number of fused-ring (bicyclic) bond motifs is 1. The van der Waals surface area contributed by atoms with Crippen molar-refractivity contribution in [2.24, 2.45) is 0 Å². The van der Waals surface area contributed by atoms with Crippen LogP contribution in [0.1, 0.15) is 16.0 Å². The highest BCUT2D eigenvalue weighted by atomic mass is 32.1. The second-order valence-corrected chi connectivity index (χ2v) is 7.48. The van der Waals surface area contributed by atoms with Gasteiger partial charge in [0.1, 0.15) is 11.9 Å². The molecule has 0 aliphatic carbocycles. The standard InChI is InChI=1S/C22H20N2O2S/c1-15-5-3-11-23-21(15)19-8-2-6-16-13-17(26-22(16)19)14-24-20(25)10-9-18-7-4-12-27-18/h2-12,17H,13-14H2,1H3,(H,24,25). The Hall–Kier alpha value is -2.92. The summed E-state index contributed by atoms with van der Waals surface area (Å²) >= 11 is 1.60. The number of nitrogens with one attached hydrogen (secondary N) is 1. The smallest absolute Gasteiger partial charge is 0.244 e. The van der Waals surface area contributed by atoms with Gasteiger partial charge in [-0.05, 0) is 47.7 Å². The Labute approximate surface area is 162 Å². The molecular formula is C22H20N2O2S. The number of hydrogen-bond acceptors (Lipinski definition) is 4. The molecule has 0 fully saturated rings. The lowest BCUT2D eigenvalue weighted by molar-refractivity contribution is -0.116. The normalized spacial score (nSPS) is 15.5. The van der Waals surface area contributed by atoms with Crippen LogP contribution >= 0.6 is 11.3 Å². The Morgan fingerprint density at radius 2 is 2.22 bits per heavy atom. The van der Waals surface area contributed by atoms with Crippen molar-refractivity contribution in [3.8, 4) is 17.0 Å². The summed E-state index contributed by atoms with van der Waals surface area (Å²) in [6.07, 6.45) is 5.91. The first-order chi connectivity index (χ1) is 13.2. The van der Waals surface area contributed by atoms with Crippen molar-refractivity contribution in [1.29, 1.82) is 0 Å². The fraction of sp³-hybridized carbons (Fsp3) is 0.182. The zero-order valence-electron chi connectivity index (χ0n) is 15.0. The molecule has 3 heterocycles. The van der Waals surface area contributed by atoms with E-state index in [9.17, 15) is 4.79 Å². The molecule has 0 radical (unpaired) electrons. The molecule has 4 rings (SSSR count). The average molecular weight is 376 g/mol. The molecule has 1 aromatic carbocycles. The molecular weight excluding hydrogens is 356 g/mol. The number of pyridine rings is 1. The van der Waals surface area contributed by atoms with Crippen LogP contribution in [-0.2, 0) is 11.2 Å².